The summed E-state index contributed by atoms with van der Waals surface area (Å²) in [6, 6.07) is 15.4. The van der Waals surface area contributed by atoms with E-state index >= 15 is 0 Å². The van der Waals surface area contributed by atoms with E-state index in [4.69, 9.17) is 9.47 Å². The predicted octanol–water partition coefficient (Wildman–Crippen LogP) is 4.10. The normalized spacial score (nSPS) is 18.7. The van der Waals surface area contributed by atoms with E-state index in [0.29, 0.717) is 24.9 Å². The Morgan fingerprint density at radius 1 is 1.07 bits per heavy atom. The average molecular weight is 385 g/mol. The second kappa shape index (κ2) is 8.87. The van der Waals surface area contributed by atoms with Crippen LogP contribution in [0.1, 0.15) is 30.9 Å². The standard InChI is InChI=1S/C22H24FNO4/c1-2-27-20(25)22(15-18-10-6-11-19(23)14-18)12-7-13-24(22)21(26)28-16-17-8-4-3-5-9-17/h3-6,8-11,14H,2,7,12-13,15-16H2,1H3. The van der Waals surface area contributed by atoms with E-state index in [1.54, 1.807) is 19.1 Å². The first-order valence-electron chi connectivity index (χ1n) is 9.45. The van der Waals surface area contributed by atoms with Crippen LogP contribution in [-0.2, 0) is 27.3 Å². The summed E-state index contributed by atoms with van der Waals surface area (Å²) in [5, 5.41) is 0. The lowest BCUT2D eigenvalue weighted by molar-refractivity contribution is -0.155. The van der Waals surface area contributed by atoms with E-state index in [2.05, 4.69) is 0 Å². The van der Waals surface area contributed by atoms with Gasteiger partial charge in [0, 0.05) is 13.0 Å². The molecule has 2 aromatic rings. The summed E-state index contributed by atoms with van der Waals surface area (Å²) in [6.45, 7) is 2.44. The topological polar surface area (TPSA) is 55.8 Å². The number of carbonyl (C=O) groups is 2. The molecule has 1 atom stereocenters. The smallest absolute Gasteiger partial charge is 0.411 e. The largest absolute Gasteiger partial charge is 0.464 e. The van der Waals surface area contributed by atoms with E-state index in [9.17, 15) is 14.0 Å². The number of likely N-dealkylation sites (tertiary alicyclic amines) is 1. The SMILES string of the molecule is CCOC(=O)C1(Cc2cccc(F)c2)CCCN1C(=O)OCc1ccccc1. The van der Waals surface area contributed by atoms with Gasteiger partial charge in [-0.05, 0) is 43.0 Å². The molecule has 148 valence electrons. The first-order chi connectivity index (χ1) is 13.5. The molecule has 0 bridgehead atoms. The van der Waals surface area contributed by atoms with Crippen molar-refractivity contribution in [3.05, 3.63) is 71.5 Å². The number of benzene rings is 2. The van der Waals surface area contributed by atoms with Gasteiger partial charge < -0.3 is 9.47 Å². The summed E-state index contributed by atoms with van der Waals surface area (Å²) in [5.74, 6) is -0.860. The molecule has 1 aliphatic heterocycles. The van der Waals surface area contributed by atoms with E-state index in [1.165, 1.54) is 17.0 Å². The van der Waals surface area contributed by atoms with Crippen LogP contribution in [0.4, 0.5) is 9.18 Å². The molecule has 2 aromatic carbocycles. The molecular formula is C22H24FNO4. The zero-order chi connectivity index (χ0) is 20.0. The Kier molecular flexibility index (Phi) is 6.29. The minimum atomic E-state index is -1.18. The molecule has 0 N–H and O–H groups in total. The highest BCUT2D eigenvalue weighted by molar-refractivity contribution is 5.87. The Hall–Kier alpha value is -2.89. The van der Waals surface area contributed by atoms with Gasteiger partial charge in [0.1, 0.15) is 18.0 Å². The van der Waals surface area contributed by atoms with Gasteiger partial charge in [-0.25, -0.2) is 14.0 Å². The number of nitrogens with zero attached hydrogens (tertiary/aromatic N) is 1. The van der Waals surface area contributed by atoms with Crippen molar-refractivity contribution in [3.63, 3.8) is 0 Å². The number of hydrogen-bond donors (Lipinski definition) is 0. The van der Waals surface area contributed by atoms with Gasteiger partial charge in [0.25, 0.3) is 0 Å². The lowest BCUT2D eigenvalue weighted by Gasteiger charge is -2.35. The lowest BCUT2D eigenvalue weighted by Crippen LogP contribution is -2.55. The molecule has 1 heterocycles. The van der Waals surface area contributed by atoms with Gasteiger partial charge in [-0.3, -0.25) is 4.90 Å². The van der Waals surface area contributed by atoms with Crippen molar-refractivity contribution in [1.29, 1.82) is 0 Å². The maximum absolute atomic E-state index is 13.7. The van der Waals surface area contributed by atoms with Crippen LogP contribution in [0.15, 0.2) is 54.6 Å². The number of halogens is 1. The quantitative estimate of drug-likeness (QED) is 0.703. The van der Waals surface area contributed by atoms with Crippen molar-refractivity contribution in [3.8, 4) is 0 Å². The number of rotatable bonds is 6. The van der Waals surface area contributed by atoms with Crippen LogP contribution in [0.5, 0.6) is 0 Å². The highest BCUT2D eigenvalue weighted by atomic mass is 19.1. The summed E-state index contributed by atoms with van der Waals surface area (Å²) < 4.78 is 24.4. The lowest BCUT2D eigenvalue weighted by atomic mass is 9.88. The van der Waals surface area contributed by atoms with Gasteiger partial charge in [-0.1, -0.05) is 42.5 Å². The van der Waals surface area contributed by atoms with Crippen molar-refractivity contribution in [2.24, 2.45) is 0 Å². The van der Waals surface area contributed by atoms with E-state index in [1.807, 2.05) is 30.3 Å². The Balaban J connectivity index is 1.82. The predicted molar refractivity (Wildman–Crippen MR) is 102 cm³/mol. The van der Waals surface area contributed by atoms with Crippen molar-refractivity contribution in [1.82, 2.24) is 4.90 Å². The number of hydrogen-bond acceptors (Lipinski definition) is 4. The summed E-state index contributed by atoms with van der Waals surface area (Å²) >= 11 is 0. The fraction of sp³-hybridized carbons (Fsp3) is 0.364. The summed E-state index contributed by atoms with van der Waals surface area (Å²) in [4.78, 5) is 27.1. The highest BCUT2D eigenvalue weighted by Gasteiger charge is 2.51. The van der Waals surface area contributed by atoms with Crippen molar-refractivity contribution >= 4 is 12.1 Å². The van der Waals surface area contributed by atoms with Crippen LogP contribution in [0.3, 0.4) is 0 Å². The van der Waals surface area contributed by atoms with Crippen LogP contribution in [0.2, 0.25) is 0 Å². The average Bonchev–Trinajstić information content (AvgIpc) is 3.12. The Bertz CT molecular complexity index is 826. The van der Waals surface area contributed by atoms with Crippen molar-refractivity contribution in [2.75, 3.05) is 13.2 Å². The molecule has 5 nitrogen and oxygen atoms in total. The van der Waals surface area contributed by atoms with Crippen LogP contribution in [-0.4, -0.2) is 35.7 Å². The zero-order valence-electron chi connectivity index (χ0n) is 15.9. The Labute approximate surface area is 164 Å². The van der Waals surface area contributed by atoms with E-state index < -0.39 is 17.6 Å². The molecule has 6 heteroatoms. The molecule has 3 rings (SSSR count). The van der Waals surface area contributed by atoms with Gasteiger partial charge in [-0.15, -0.1) is 0 Å². The van der Waals surface area contributed by atoms with Crippen LogP contribution >= 0.6 is 0 Å². The highest BCUT2D eigenvalue weighted by Crippen LogP contribution is 2.35. The number of esters is 1. The second-order valence-electron chi connectivity index (χ2n) is 6.85. The molecule has 0 saturated carbocycles. The minimum Gasteiger partial charge on any atom is -0.464 e. The number of amides is 1. The van der Waals surface area contributed by atoms with Gasteiger partial charge >= 0.3 is 12.1 Å². The third-order valence-corrected chi connectivity index (χ3v) is 4.96. The summed E-state index contributed by atoms with van der Waals surface area (Å²) in [5.41, 5.74) is 0.315. The molecule has 1 unspecified atom stereocenters. The summed E-state index contributed by atoms with van der Waals surface area (Å²) in [6.07, 6.45) is 0.715. The van der Waals surface area contributed by atoms with Gasteiger partial charge in [0.15, 0.2) is 0 Å². The van der Waals surface area contributed by atoms with Crippen LogP contribution < -0.4 is 0 Å². The van der Waals surface area contributed by atoms with E-state index in [-0.39, 0.29) is 25.5 Å². The first kappa shape index (κ1) is 19.9. The molecule has 1 amide bonds. The van der Waals surface area contributed by atoms with Crippen molar-refractivity contribution < 1.29 is 23.5 Å². The van der Waals surface area contributed by atoms with Crippen LogP contribution in [0, 0.1) is 5.82 Å². The summed E-state index contributed by atoms with van der Waals surface area (Å²) in [7, 11) is 0. The molecule has 0 aliphatic carbocycles. The molecule has 0 radical (unpaired) electrons. The Morgan fingerprint density at radius 2 is 1.82 bits per heavy atom. The molecular weight excluding hydrogens is 361 g/mol. The molecule has 0 spiro atoms. The third kappa shape index (κ3) is 4.32. The molecule has 1 saturated heterocycles. The maximum Gasteiger partial charge on any atom is 0.411 e. The van der Waals surface area contributed by atoms with Crippen LogP contribution in [0.25, 0.3) is 0 Å². The van der Waals surface area contributed by atoms with Crippen molar-refractivity contribution in [2.45, 2.75) is 38.3 Å². The number of ether oxygens (including phenoxy) is 2. The van der Waals surface area contributed by atoms with Gasteiger partial charge in [0.05, 0.1) is 6.61 Å². The molecule has 1 aliphatic rings. The Morgan fingerprint density at radius 3 is 2.54 bits per heavy atom. The fourth-order valence-electron chi connectivity index (χ4n) is 3.66. The minimum absolute atomic E-state index is 0.120. The molecule has 28 heavy (non-hydrogen) atoms. The fourth-order valence-corrected chi connectivity index (χ4v) is 3.66. The zero-order valence-corrected chi connectivity index (χ0v) is 15.9. The van der Waals surface area contributed by atoms with Gasteiger partial charge in [-0.2, -0.15) is 0 Å². The number of carbonyl (C=O) groups excluding carboxylic acids is 2. The molecule has 1 fully saturated rings. The maximum atomic E-state index is 13.7. The monoisotopic (exact) mass is 385 g/mol. The third-order valence-electron chi connectivity index (χ3n) is 4.96. The van der Waals surface area contributed by atoms with Gasteiger partial charge in [0.2, 0.25) is 0 Å². The second-order valence-corrected chi connectivity index (χ2v) is 6.85. The first-order valence-corrected chi connectivity index (χ1v) is 9.45. The van der Waals surface area contributed by atoms with E-state index in [0.717, 1.165) is 5.56 Å². The molecule has 0 aromatic heterocycles.